The van der Waals surface area contributed by atoms with Crippen molar-refractivity contribution in [1.82, 2.24) is 5.32 Å². The van der Waals surface area contributed by atoms with Crippen LogP contribution in [0, 0.1) is 6.92 Å². The van der Waals surface area contributed by atoms with Crippen LogP contribution < -0.4 is 10.6 Å². The highest BCUT2D eigenvalue weighted by molar-refractivity contribution is 5.92. The lowest BCUT2D eigenvalue weighted by molar-refractivity contribution is -0.138. The molecule has 6 heteroatoms. The van der Waals surface area contributed by atoms with Crippen molar-refractivity contribution in [3.8, 4) is 0 Å². The van der Waals surface area contributed by atoms with Crippen LogP contribution in [0.5, 0.6) is 0 Å². The summed E-state index contributed by atoms with van der Waals surface area (Å²) in [6.45, 7) is 1.47. The number of anilines is 1. The fourth-order valence-electron chi connectivity index (χ4n) is 1.43. The fourth-order valence-corrected chi connectivity index (χ4v) is 1.43. The van der Waals surface area contributed by atoms with E-state index >= 15 is 0 Å². The first-order chi connectivity index (χ1) is 7.84. The molecule has 3 nitrogen and oxygen atoms in total. The molecule has 0 spiro atoms. The van der Waals surface area contributed by atoms with Crippen molar-refractivity contribution in [3.63, 3.8) is 0 Å². The van der Waals surface area contributed by atoms with Crippen LogP contribution in [-0.2, 0) is 11.0 Å². The molecule has 0 aliphatic rings. The van der Waals surface area contributed by atoms with Gasteiger partial charge in [0.05, 0.1) is 12.1 Å². The van der Waals surface area contributed by atoms with E-state index in [0.717, 1.165) is 6.07 Å². The number of halogens is 3. The van der Waals surface area contributed by atoms with Crippen LogP contribution >= 0.6 is 0 Å². The zero-order chi connectivity index (χ0) is 13.1. The van der Waals surface area contributed by atoms with Crippen molar-refractivity contribution in [2.45, 2.75) is 13.1 Å². The number of alkyl halides is 3. The standard InChI is InChI=1S/C11H13F3N2O/c1-7-5-8(16-10(17)6-15-2)3-4-9(7)11(12,13)14/h3-5,15H,6H2,1-2H3,(H,16,17). The van der Waals surface area contributed by atoms with E-state index in [1.807, 2.05) is 0 Å². The number of benzene rings is 1. The fraction of sp³-hybridized carbons (Fsp3) is 0.364. The van der Waals surface area contributed by atoms with Gasteiger partial charge in [-0.1, -0.05) is 0 Å². The molecule has 0 atom stereocenters. The summed E-state index contributed by atoms with van der Waals surface area (Å²) in [6, 6.07) is 3.50. The van der Waals surface area contributed by atoms with Crippen LogP contribution in [0.2, 0.25) is 0 Å². The lowest BCUT2D eigenvalue weighted by Crippen LogP contribution is -2.25. The minimum Gasteiger partial charge on any atom is -0.325 e. The maximum Gasteiger partial charge on any atom is 0.416 e. The van der Waals surface area contributed by atoms with Crippen LogP contribution in [0.1, 0.15) is 11.1 Å². The third-order valence-electron chi connectivity index (χ3n) is 2.15. The number of likely N-dealkylation sites (N-methyl/N-ethyl adjacent to an activating group) is 1. The van der Waals surface area contributed by atoms with Gasteiger partial charge in [0.25, 0.3) is 0 Å². The second-order valence-electron chi connectivity index (χ2n) is 3.61. The quantitative estimate of drug-likeness (QED) is 0.858. The van der Waals surface area contributed by atoms with E-state index in [9.17, 15) is 18.0 Å². The van der Waals surface area contributed by atoms with Crippen molar-refractivity contribution in [2.75, 3.05) is 18.9 Å². The molecule has 1 rings (SSSR count). The van der Waals surface area contributed by atoms with E-state index in [4.69, 9.17) is 0 Å². The van der Waals surface area contributed by atoms with Crippen LogP contribution in [-0.4, -0.2) is 19.5 Å². The average molecular weight is 246 g/mol. The summed E-state index contributed by atoms with van der Waals surface area (Å²) in [7, 11) is 1.61. The molecule has 2 N–H and O–H groups in total. The monoisotopic (exact) mass is 246 g/mol. The Hall–Kier alpha value is -1.56. The lowest BCUT2D eigenvalue weighted by atomic mass is 10.1. The molecule has 1 amide bonds. The smallest absolute Gasteiger partial charge is 0.325 e. The molecule has 0 heterocycles. The topological polar surface area (TPSA) is 41.1 Å². The molecule has 0 aliphatic carbocycles. The van der Waals surface area contributed by atoms with Crippen molar-refractivity contribution in [2.24, 2.45) is 0 Å². The van der Waals surface area contributed by atoms with Crippen LogP contribution in [0.4, 0.5) is 18.9 Å². The third kappa shape index (κ3) is 3.74. The summed E-state index contributed by atoms with van der Waals surface area (Å²) in [4.78, 5) is 11.2. The molecule has 0 saturated carbocycles. The zero-order valence-electron chi connectivity index (χ0n) is 9.48. The number of rotatable bonds is 3. The number of carbonyl (C=O) groups is 1. The molecule has 1 aromatic rings. The summed E-state index contributed by atoms with van der Waals surface area (Å²) in [5, 5.41) is 5.14. The van der Waals surface area contributed by atoms with Crippen molar-refractivity contribution in [1.29, 1.82) is 0 Å². The average Bonchev–Trinajstić information content (AvgIpc) is 2.15. The predicted molar refractivity (Wildman–Crippen MR) is 58.7 cm³/mol. The van der Waals surface area contributed by atoms with Gasteiger partial charge in [-0.15, -0.1) is 0 Å². The van der Waals surface area contributed by atoms with Gasteiger partial charge in [0.2, 0.25) is 5.91 Å². The summed E-state index contributed by atoms with van der Waals surface area (Å²) in [5.74, 6) is -0.299. The first-order valence-corrected chi connectivity index (χ1v) is 4.97. The van der Waals surface area contributed by atoms with Crippen molar-refractivity contribution >= 4 is 11.6 Å². The number of carbonyl (C=O) groups excluding carboxylic acids is 1. The molecule has 0 aromatic heterocycles. The van der Waals surface area contributed by atoms with E-state index in [2.05, 4.69) is 10.6 Å². The maximum atomic E-state index is 12.5. The summed E-state index contributed by atoms with van der Waals surface area (Å²) in [6.07, 6.45) is -4.36. The number of hydrogen-bond acceptors (Lipinski definition) is 2. The van der Waals surface area contributed by atoms with Gasteiger partial charge >= 0.3 is 6.18 Å². The normalized spacial score (nSPS) is 11.4. The van der Waals surface area contributed by atoms with Crippen LogP contribution in [0.3, 0.4) is 0 Å². The lowest BCUT2D eigenvalue weighted by Gasteiger charge is -2.12. The number of aryl methyl sites for hydroxylation is 1. The third-order valence-corrected chi connectivity index (χ3v) is 2.15. The van der Waals surface area contributed by atoms with Gasteiger partial charge < -0.3 is 10.6 Å². The molecule has 0 saturated heterocycles. The largest absolute Gasteiger partial charge is 0.416 e. The van der Waals surface area contributed by atoms with E-state index in [1.54, 1.807) is 7.05 Å². The Morgan fingerprint density at radius 2 is 2.00 bits per heavy atom. The highest BCUT2D eigenvalue weighted by Crippen LogP contribution is 2.32. The summed E-state index contributed by atoms with van der Waals surface area (Å²) >= 11 is 0. The molecular formula is C11H13F3N2O. The summed E-state index contributed by atoms with van der Waals surface area (Å²) < 4.78 is 37.4. The molecular weight excluding hydrogens is 233 g/mol. The Morgan fingerprint density at radius 3 is 2.47 bits per heavy atom. The molecule has 0 unspecified atom stereocenters. The zero-order valence-corrected chi connectivity index (χ0v) is 9.48. The molecule has 17 heavy (non-hydrogen) atoms. The number of hydrogen-bond donors (Lipinski definition) is 2. The van der Waals surface area contributed by atoms with E-state index < -0.39 is 11.7 Å². The van der Waals surface area contributed by atoms with Crippen molar-refractivity contribution < 1.29 is 18.0 Å². The molecule has 0 aliphatic heterocycles. The number of nitrogens with one attached hydrogen (secondary N) is 2. The van der Waals surface area contributed by atoms with Crippen molar-refractivity contribution in [3.05, 3.63) is 29.3 Å². The van der Waals surface area contributed by atoms with E-state index in [0.29, 0.717) is 5.69 Å². The van der Waals surface area contributed by atoms with E-state index in [1.165, 1.54) is 19.1 Å². The van der Waals surface area contributed by atoms with Gasteiger partial charge in [-0.2, -0.15) is 13.2 Å². The second kappa shape index (κ2) is 5.18. The maximum absolute atomic E-state index is 12.5. The van der Waals surface area contributed by atoms with Gasteiger partial charge in [-0.25, -0.2) is 0 Å². The first kappa shape index (κ1) is 13.5. The first-order valence-electron chi connectivity index (χ1n) is 4.97. The highest BCUT2D eigenvalue weighted by Gasteiger charge is 2.32. The molecule has 0 radical (unpaired) electrons. The minimum absolute atomic E-state index is 0.0831. The number of amides is 1. The van der Waals surface area contributed by atoms with Gasteiger partial charge in [0.1, 0.15) is 0 Å². The van der Waals surface area contributed by atoms with Crippen LogP contribution in [0.15, 0.2) is 18.2 Å². The van der Waals surface area contributed by atoms with Gasteiger partial charge in [-0.05, 0) is 37.7 Å². The Kier molecular flexibility index (Phi) is 4.11. The van der Waals surface area contributed by atoms with Gasteiger partial charge in [0.15, 0.2) is 0 Å². The Balaban J connectivity index is 2.86. The predicted octanol–water partition coefficient (Wildman–Crippen LogP) is 2.17. The molecule has 0 bridgehead atoms. The highest BCUT2D eigenvalue weighted by atomic mass is 19.4. The molecule has 1 aromatic carbocycles. The van der Waals surface area contributed by atoms with E-state index in [-0.39, 0.29) is 18.0 Å². The Labute approximate surface area is 97.0 Å². The van der Waals surface area contributed by atoms with Crippen LogP contribution in [0.25, 0.3) is 0 Å². The second-order valence-corrected chi connectivity index (χ2v) is 3.61. The van der Waals surface area contributed by atoms with Gasteiger partial charge in [0, 0.05) is 5.69 Å². The minimum atomic E-state index is -4.36. The Bertz CT molecular complexity index is 416. The molecule has 94 valence electrons. The molecule has 0 fully saturated rings. The Morgan fingerprint density at radius 1 is 1.35 bits per heavy atom. The summed E-state index contributed by atoms with van der Waals surface area (Å²) in [5.41, 5.74) is -0.250. The SMILES string of the molecule is CNCC(=O)Nc1ccc(C(F)(F)F)c(C)c1. The van der Waals surface area contributed by atoms with Gasteiger partial charge in [-0.3, -0.25) is 4.79 Å².